The second-order valence-electron chi connectivity index (χ2n) is 4.96. The first kappa shape index (κ1) is 14.5. The summed E-state index contributed by atoms with van der Waals surface area (Å²) in [4.78, 5) is 6.61. The van der Waals surface area contributed by atoms with Gasteiger partial charge in [-0.15, -0.1) is 0 Å². The van der Waals surface area contributed by atoms with Crippen molar-refractivity contribution in [2.45, 2.75) is 32.8 Å². The van der Waals surface area contributed by atoms with E-state index in [1.807, 2.05) is 36.5 Å². The van der Waals surface area contributed by atoms with Gasteiger partial charge in [0.25, 0.3) is 0 Å². The van der Waals surface area contributed by atoms with Gasteiger partial charge in [-0.1, -0.05) is 31.5 Å². The zero-order chi connectivity index (χ0) is 14.4. The van der Waals surface area contributed by atoms with Crippen LogP contribution >= 0.6 is 0 Å². The molecular formula is C17H22N2O. The first-order valence-electron chi connectivity index (χ1n) is 7.19. The van der Waals surface area contributed by atoms with E-state index in [-0.39, 0.29) is 0 Å². The SMILES string of the molecule is CCCCN(c1ccccc1)c1ccc([C@@H](C)O)nc1. The number of anilines is 2. The number of para-hydroxylation sites is 1. The Labute approximate surface area is 120 Å². The zero-order valence-corrected chi connectivity index (χ0v) is 12.2. The molecule has 0 spiro atoms. The molecular weight excluding hydrogens is 248 g/mol. The molecule has 0 aliphatic rings. The molecule has 0 bridgehead atoms. The molecule has 0 radical (unpaired) electrons. The molecule has 1 aromatic carbocycles. The second-order valence-corrected chi connectivity index (χ2v) is 4.96. The summed E-state index contributed by atoms with van der Waals surface area (Å²) in [6.45, 7) is 4.89. The topological polar surface area (TPSA) is 36.4 Å². The molecule has 3 nitrogen and oxygen atoms in total. The van der Waals surface area contributed by atoms with Crippen molar-refractivity contribution < 1.29 is 5.11 Å². The smallest absolute Gasteiger partial charge is 0.0931 e. The average molecular weight is 270 g/mol. The van der Waals surface area contributed by atoms with Crippen LogP contribution in [0, 0.1) is 0 Å². The Morgan fingerprint density at radius 2 is 1.85 bits per heavy atom. The van der Waals surface area contributed by atoms with E-state index in [9.17, 15) is 5.11 Å². The minimum absolute atomic E-state index is 0.523. The Balaban J connectivity index is 2.26. The molecule has 1 atom stereocenters. The van der Waals surface area contributed by atoms with Gasteiger partial charge in [0, 0.05) is 12.2 Å². The van der Waals surface area contributed by atoms with Gasteiger partial charge < -0.3 is 10.0 Å². The Bertz CT molecular complexity index is 508. The molecule has 2 aromatic rings. The normalized spacial score (nSPS) is 12.2. The van der Waals surface area contributed by atoms with Crippen molar-refractivity contribution in [3.8, 4) is 0 Å². The van der Waals surface area contributed by atoms with Gasteiger partial charge in [0.05, 0.1) is 23.7 Å². The Morgan fingerprint density at radius 1 is 1.10 bits per heavy atom. The maximum absolute atomic E-state index is 9.54. The molecule has 1 N–H and O–H groups in total. The predicted octanol–water partition coefficient (Wildman–Crippen LogP) is 4.07. The lowest BCUT2D eigenvalue weighted by atomic mass is 10.2. The van der Waals surface area contributed by atoms with E-state index in [0.717, 1.165) is 25.1 Å². The number of aliphatic hydroxyl groups is 1. The van der Waals surface area contributed by atoms with Crippen LogP contribution in [0.25, 0.3) is 0 Å². The highest BCUT2D eigenvalue weighted by Crippen LogP contribution is 2.25. The van der Waals surface area contributed by atoms with E-state index in [0.29, 0.717) is 5.69 Å². The van der Waals surface area contributed by atoms with Gasteiger partial charge in [-0.25, -0.2) is 0 Å². The number of aromatic nitrogens is 1. The van der Waals surface area contributed by atoms with Gasteiger partial charge in [-0.3, -0.25) is 4.98 Å². The number of hydrogen-bond donors (Lipinski definition) is 1. The molecule has 2 rings (SSSR count). The van der Waals surface area contributed by atoms with E-state index in [1.165, 1.54) is 5.69 Å². The van der Waals surface area contributed by atoms with Gasteiger partial charge in [-0.05, 0) is 37.6 Å². The molecule has 20 heavy (non-hydrogen) atoms. The fourth-order valence-corrected chi connectivity index (χ4v) is 2.14. The standard InChI is InChI=1S/C17H22N2O/c1-3-4-12-19(15-8-6-5-7-9-15)16-10-11-17(14(2)20)18-13-16/h5-11,13-14,20H,3-4,12H2,1-2H3/t14-/m1/s1. The molecule has 0 saturated heterocycles. The Hall–Kier alpha value is -1.87. The van der Waals surface area contributed by atoms with Crippen molar-refractivity contribution in [2.24, 2.45) is 0 Å². The van der Waals surface area contributed by atoms with Crippen LogP contribution in [0.2, 0.25) is 0 Å². The van der Waals surface area contributed by atoms with E-state index in [4.69, 9.17) is 0 Å². The highest BCUT2D eigenvalue weighted by atomic mass is 16.3. The fraction of sp³-hybridized carbons (Fsp3) is 0.353. The number of nitrogens with zero attached hydrogens (tertiary/aromatic N) is 2. The first-order valence-corrected chi connectivity index (χ1v) is 7.19. The lowest BCUT2D eigenvalue weighted by Crippen LogP contribution is -2.18. The van der Waals surface area contributed by atoms with Crippen LogP contribution in [-0.4, -0.2) is 16.6 Å². The van der Waals surface area contributed by atoms with E-state index in [2.05, 4.69) is 28.9 Å². The highest BCUT2D eigenvalue weighted by molar-refractivity contribution is 5.62. The molecule has 0 unspecified atom stereocenters. The zero-order valence-electron chi connectivity index (χ0n) is 12.2. The third-order valence-corrected chi connectivity index (χ3v) is 3.31. The number of rotatable bonds is 6. The fourth-order valence-electron chi connectivity index (χ4n) is 2.14. The quantitative estimate of drug-likeness (QED) is 0.859. The van der Waals surface area contributed by atoms with Crippen molar-refractivity contribution in [1.82, 2.24) is 4.98 Å². The van der Waals surface area contributed by atoms with Crippen molar-refractivity contribution in [3.05, 3.63) is 54.4 Å². The third-order valence-electron chi connectivity index (χ3n) is 3.31. The van der Waals surface area contributed by atoms with E-state index >= 15 is 0 Å². The number of benzene rings is 1. The molecule has 3 heteroatoms. The average Bonchev–Trinajstić information content (AvgIpc) is 2.49. The van der Waals surface area contributed by atoms with Gasteiger partial charge in [0.15, 0.2) is 0 Å². The first-order chi connectivity index (χ1) is 9.72. The third kappa shape index (κ3) is 3.58. The minimum Gasteiger partial charge on any atom is -0.387 e. The van der Waals surface area contributed by atoms with Crippen LogP contribution in [-0.2, 0) is 0 Å². The van der Waals surface area contributed by atoms with Gasteiger partial charge >= 0.3 is 0 Å². The van der Waals surface area contributed by atoms with Crippen LogP contribution in [0.15, 0.2) is 48.7 Å². The molecule has 1 aromatic heterocycles. The summed E-state index contributed by atoms with van der Waals surface area (Å²) < 4.78 is 0. The summed E-state index contributed by atoms with van der Waals surface area (Å²) in [5.41, 5.74) is 2.94. The van der Waals surface area contributed by atoms with Crippen LogP contribution in [0.3, 0.4) is 0 Å². The predicted molar refractivity (Wildman–Crippen MR) is 83.2 cm³/mol. The minimum atomic E-state index is -0.523. The van der Waals surface area contributed by atoms with Crippen LogP contribution in [0.5, 0.6) is 0 Å². The Morgan fingerprint density at radius 3 is 2.40 bits per heavy atom. The van der Waals surface area contributed by atoms with Gasteiger partial charge in [0.2, 0.25) is 0 Å². The molecule has 0 fully saturated rings. The number of aliphatic hydroxyl groups excluding tert-OH is 1. The van der Waals surface area contributed by atoms with Crippen LogP contribution < -0.4 is 4.90 Å². The maximum Gasteiger partial charge on any atom is 0.0931 e. The lowest BCUT2D eigenvalue weighted by molar-refractivity contribution is 0.194. The number of hydrogen-bond acceptors (Lipinski definition) is 3. The summed E-state index contributed by atoms with van der Waals surface area (Å²) in [7, 11) is 0. The van der Waals surface area contributed by atoms with Crippen molar-refractivity contribution in [2.75, 3.05) is 11.4 Å². The van der Waals surface area contributed by atoms with Crippen molar-refractivity contribution in [3.63, 3.8) is 0 Å². The van der Waals surface area contributed by atoms with E-state index < -0.39 is 6.10 Å². The lowest BCUT2D eigenvalue weighted by Gasteiger charge is -2.24. The molecule has 0 saturated carbocycles. The summed E-state index contributed by atoms with van der Waals surface area (Å²) in [6.07, 6.45) is 3.60. The summed E-state index contributed by atoms with van der Waals surface area (Å²) >= 11 is 0. The Kier molecular flexibility index (Phi) is 5.13. The van der Waals surface area contributed by atoms with Gasteiger partial charge in [-0.2, -0.15) is 0 Å². The molecule has 106 valence electrons. The summed E-state index contributed by atoms with van der Waals surface area (Å²) in [5, 5.41) is 9.54. The second kappa shape index (κ2) is 7.06. The van der Waals surface area contributed by atoms with Crippen LogP contribution in [0.4, 0.5) is 11.4 Å². The number of unbranched alkanes of at least 4 members (excludes halogenated alkanes) is 1. The van der Waals surface area contributed by atoms with Crippen molar-refractivity contribution in [1.29, 1.82) is 0 Å². The van der Waals surface area contributed by atoms with Crippen molar-refractivity contribution >= 4 is 11.4 Å². The largest absolute Gasteiger partial charge is 0.387 e. The van der Waals surface area contributed by atoms with Gasteiger partial charge in [0.1, 0.15) is 0 Å². The van der Waals surface area contributed by atoms with Crippen LogP contribution in [0.1, 0.15) is 38.5 Å². The monoisotopic (exact) mass is 270 g/mol. The molecule has 0 aliphatic heterocycles. The number of pyridine rings is 1. The summed E-state index contributed by atoms with van der Waals surface area (Å²) in [6, 6.07) is 14.3. The highest BCUT2D eigenvalue weighted by Gasteiger charge is 2.10. The molecule has 1 heterocycles. The molecule has 0 amide bonds. The summed E-state index contributed by atoms with van der Waals surface area (Å²) in [5.74, 6) is 0. The van der Waals surface area contributed by atoms with E-state index in [1.54, 1.807) is 6.92 Å². The molecule has 0 aliphatic carbocycles. The maximum atomic E-state index is 9.54.